The minimum absolute atomic E-state index is 0.124. The zero-order valence-corrected chi connectivity index (χ0v) is 18.7. The van der Waals surface area contributed by atoms with Crippen LogP contribution in [0.5, 0.6) is 5.75 Å². The highest BCUT2D eigenvalue weighted by molar-refractivity contribution is 5.94. The SMILES string of the molecule is CCc1nc(-c2ccc(OC)cc2)n(-c2cccc(C(=O)NCCCCn3cnnn3)c2)n1. The molecule has 0 radical (unpaired) electrons. The van der Waals surface area contributed by atoms with Crippen molar-refractivity contribution < 1.29 is 9.53 Å². The van der Waals surface area contributed by atoms with Crippen molar-refractivity contribution in [3.63, 3.8) is 0 Å². The summed E-state index contributed by atoms with van der Waals surface area (Å²) in [6.45, 7) is 3.31. The lowest BCUT2D eigenvalue weighted by Crippen LogP contribution is -2.24. The van der Waals surface area contributed by atoms with Gasteiger partial charge in [-0.3, -0.25) is 4.79 Å². The number of rotatable bonds is 10. The Labute approximate surface area is 191 Å². The van der Waals surface area contributed by atoms with Gasteiger partial charge in [0, 0.05) is 30.6 Å². The molecule has 2 aromatic heterocycles. The molecule has 0 aliphatic rings. The highest BCUT2D eigenvalue weighted by Gasteiger charge is 2.15. The number of ether oxygens (including phenoxy) is 1. The maximum Gasteiger partial charge on any atom is 0.251 e. The van der Waals surface area contributed by atoms with Crippen molar-refractivity contribution in [1.29, 1.82) is 0 Å². The summed E-state index contributed by atoms with van der Waals surface area (Å²) in [5, 5.41) is 18.7. The first-order valence-corrected chi connectivity index (χ1v) is 10.9. The van der Waals surface area contributed by atoms with E-state index in [1.807, 2.05) is 49.4 Å². The van der Waals surface area contributed by atoms with Gasteiger partial charge < -0.3 is 10.1 Å². The van der Waals surface area contributed by atoms with Crippen LogP contribution in [0, 0.1) is 0 Å². The number of unbranched alkanes of at least 4 members (excludes halogenated alkanes) is 1. The Balaban J connectivity index is 1.46. The van der Waals surface area contributed by atoms with Crippen LogP contribution < -0.4 is 10.1 Å². The van der Waals surface area contributed by atoms with Crippen molar-refractivity contribution in [3.8, 4) is 22.8 Å². The predicted molar refractivity (Wildman–Crippen MR) is 122 cm³/mol. The summed E-state index contributed by atoms with van der Waals surface area (Å²) in [6.07, 6.45) is 3.99. The molecule has 0 fully saturated rings. The van der Waals surface area contributed by atoms with Crippen LogP contribution in [-0.2, 0) is 13.0 Å². The molecule has 4 rings (SSSR count). The van der Waals surface area contributed by atoms with Crippen molar-refractivity contribution in [2.75, 3.05) is 13.7 Å². The van der Waals surface area contributed by atoms with E-state index in [-0.39, 0.29) is 5.91 Å². The fourth-order valence-corrected chi connectivity index (χ4v) is 3.38. The van der Waals surface area contributed by atoms with Crippen molar-refractivity contribution in [2.24, 2.45) is 0 Å². The molecule has 0 unspecified atom stereocenters. The lowest BCUT2D eigenvalue weighted by atomic mass is 10.1. The molecule has 0 saturated heterocycles. The third-order valence-corrected chi connectivity index (χ3v) is 5.16. The van der Waals surface area contributed by atoms with Gasteiger partial charge in [0.1, 0.15) is 12.1 Å². The largest absolute Gasteiger partial charge is 0.497 e. The van der Waals surface area contributed by atoms with E-state index in [0.29, 0.717) is 18.5 Å². The number of nitrogens with zero attached hydrogens (tertiary/aromatic N) is 7. The van der Waals surface area contributed by atoms with Gasteiger partial charge in [-0.05, 0) is 65.7 Å². The molecule has 0 spiro atoms. The second-order valence-electron chi connectivity index (χ2n) is 7.43. The number of nitrogens with one attached hydrogen (secondary N) is 1. The van der Waals surface area contributed by atoms with E-state index in [1.165, 1.54) is 0 Å². The number of carbonyl (C=O) groups excluding carboxylic acids is 1. The highest BCUT2D eigenvalue weighted by Crippen LogP contribution is 2.24. The molecule has 0 atom stereocenters. The van der Waals surface area contributed by atoms with Crippen molar-refractivity contribution in [3.05, 3.63) is 66.2 Å². The first-order valence-electron chi connectivity index (χ1n) is 10.9. The molecule has 33 heavy (non-hydrogen) atoms. The number of benzene rings is 2. The lowest BCUT2D eigenvalue weighted by Gasteiger charge is -2.09. The molecule has 0 aliphatic heterocycles. The molecule has 2 heterocycles. The van der Waals surface area contributed by atoms with Gasteiger partial charge in [0.25, 0.3) is 5.91 Å². The van der Waals surface area contributed by atoms with Gasteiger partial charge in [0.2, 0.25) is 0 Å². The molecule has 4 aromatic rings. The van der Waals surface area contributed by atoms with Crippen molar-refractivity contribution in [1.82, 2.24) is 40.3 Å². The van der Waals surface area contributed by atoms with E-state index in [9.17, 15) is 4.79 Å². The predicted octanol–water partition coefficient (Wildman–Crippen LogP) is 2.70. The maximum absolute atomic E-state index is 12.7. The number of carbonyl (C=O) groups is 1. The smallest absolute Gasteiger partial charge is 0.251 e. The van der Waals surface area contributed by atoms with Crippen LogP contribution in [0.25, 0.3) is 17.1 Å². The molecular formula is C23H26N8O2. The van der Waals surface area contributed by atoms with E-state index in [1.54, 1.807) is 28.9 Å². The van der Waals surface area contributed by atoms with Gasteiger partial charge in [-0.1, -0.05) is 13.0 Å². The molecule has 10 nitrogen and oxygen atoms in total. The third kappa shape index (κ3) is 5.40. The van der Waals surface area contributed by atoms with Gasteiger partial charge in [0.05, 0.1) is 12.8 Å². The first-order chi connectivity index (χ1) is 16.2. The minimum Gasteiger partial charge on any atom is -0.497 e. The summed E-state index contributed by atoms with van der Waals surface area (Å²) in [4.78, 5) is 17.4. The maximum atomic E-state index is 12.7. The van der Waals surface area contributed by atoms with Crippen LogP contribution in [-0.4, -0.2) is 54.5 Å². The molecule has 0 saturated carbocycles. The van der Waals surface area contributed by atoms with Crippen LogP contribution in [0.4, 0.5) is 0 Å². The average molecular weight is 447 g/mol. The molecule has 170 valence electrons. The Morgan fingerprint density at radius 1 is 1.12 bits per heavy atom. The average Bonchev–Trinajstić information content (AvgIpc) is 3.54. The fraction of sp³-hybridized carbons (Fsp3) is 0.304. The van der Waals surface area contributed by atoms with Crippen molar-refractivity contribution >= 4 is 5.91 Å². The number of hydrogen-bond acceptors (Lipinski definition) is 7. The Kier molecular flexibility index (Phi) is 7.03. The van der Waals surface area contributed by atoms with E-state index < -0.39 is 0 Å². The summed E-state index contributed by atoms with van der Waals surface area (Å²) in [5.74, 6) is 2.10. The van der Waals surface area contributed by atoms with Crippen molar-refractivity contribution in [2.45, 2.75) is 32.7 Å². The minimum atomic E-state index is -0.124. The number of tetrazole rings is 1. The Morgan fingerprint density at radius 2 is 1.97 bits per heavy atom. The van der Waals surface area contributed by atoms with Crippen LogP contribution in [0.2, 0.25) is 0 Å². The van der Waals surface area contributed by atoms with E-state index in [0.717, 1.165) is 48.0 Å². The number of aryl methyl sites for hydroxylation is 2. The summed E-state index contributed by atoms with van der Waals surface area (Å²) < 4.78 is 8.71. The topological polar surface area (TPSA) is 113 Å². The number of amides is 1. The normalized spacial score (nSPS) is 10.8. The Hall–Kier alpha value is -4.08. The van der Waals surface area contributed by atoms with E-state index in [2.05, 4.69) is 25.9 Å². The molecule has 0 aliphatic carbocycles. The van der Waals surface area contributed by atoms with Crippen LogP contribution >= 0.6 is 0 Å². The summed E-state index contributed by atoms with van der Waals surface area (Å²) >= 11 is 0. The molecule has 0 bridgehead atoms. The zero-order valence-electron chi connectivity index (χ0n) is 18.7. The fourth-order valence-electron chi connectivity index (χ4n) is 3.38. The molecule has 1 amide bonds. The number of aromatic nitrogens is 7. The van der Waals surface area contributed by atoms with Gasteiger partial charge in [-0.25, -0.2) is 14.3 Å². The number of methoxy groups -OCH3 is 1. The highest BCUT2D eigenvalue weighted by atomic mass is 16.5. The van der Waals surface area contributed by atoms with E-state index >= 15 is 0 Å². The van der Waals surface area contributed by atoms with Gasteiger partial charge in [0.15, 0.2) is 11.6 Å². The summed E-state index contributed by atoms with van der Waals surface area (Å²) in [5.41, 5.74) is 2.27. The molecule has 10 heteroatoms. The van der Waals surface area contributed by atoms with Gasteiger partial charge in [-0.15, -0.1) is 5.10 Å². The quantitative estimate of drug-likeness (QED) is 0.373. The second-order valence-corrected chi connectivity index (χ2v) is 7.43. The third-order valence-electron chi connectivity index (χ3n) is 5.16. The monoisotopic (exact) mass is 446 g/mol. The first kappa shape index (κ1) is 22.1. The Bertz CT molecular complexity index is 1190. The summed E-state index contributed by atoms with van der Waals surface area (Å²) in [6, 6.07) is 15.1. The standard InChI is InChI=1S/C23H26N8O2/c1-3-21-26-22(17-9-11-20(33-2)12-10-17)31(27-21)19-8-6-7-18(15-19)23(32)24-13-4-5-14-30-16-25-28-29-30/h6-12,15-16H,3-5,13-14H2,1-2H3,(H,24,32). The molecule has 1 N–H and O–H groups in total. The zero-order chi connectivity index (χ0) is 23.0. The van der Waals surface area contributed by atoms with Crippen LogP contribution in [0.1, 0.15) is 35.9 Å². The lowest BCUT2D eigenvalue weighted by molar-refractivity contribution is 0.0953. The second kappa shape index (κ2) is 10.5. The van der Waals surface area contributed by atoms with Crippen LogP contribution in [0.3, 0.4) is 0 Å². The Morgan fingerprint density at radius 3 is 2.70 bits per heavy atom. The molecule has 2 aromatic carbocycles. The summed E-state index contributed by atoms with van der Waals surface area (Å²) in [7, 11) is 1.64. The number of hydrogen-bond donors (Lipinski definition) is 1. The van der Waals surface area contributed by atoms with Crippen LogP contribution in [0.15, 0.2) is 54.9 Å². The van der Waals surface area contributed by atoms with Gasteiger partial charge >= 0.3 is 0 Å². The van der Waals surface area contributed by atoms with Gasteiger partial charge in [-0.2, -0.15) is 5.10 Å². The molecular weight excluding hydrogens is 420 g/mol. The van der Waals surface area contributed by atoms with E-state index in [4.69, 9.17) is 9.72 Å².